The molecule has 0 bridgehead atoms. The summed E-state index contributed by atoms with van der Waals surface area (Å²) < 4.78 is 6.81. The van der Waals surface area contributed by atoms with E-state index >= 15 is 0 Å². The first-order valence-corrected chi connectivity index (χ1v) is 6.34. The maximum atomic E-state index is 11.8. The van der Waals surface area contributed by atoms with Gasteiger partial charge in [-0.1, -0.05) is 11.6 Å². The smallest absolute Gasteiger partial charge is 0.357 e. The third-order valence-corrected chi connectivity index (χ3v) is 2.79. The molecule has 2 aromatic heterocycles. The molecule has 0 spiro atoms. The molecule has 0 unspecified atom stereocenters. The third kappa shape index (κ3) is 2.54. The second-order valence-corrected chi connectivity index (χ2v) is 4.51. The van der Waals surface area contributed by atoms with Gasteiger partial charge in [-0.15, -0.1) is 0 Å². The standard InChI is InChI=1S/C11H9BrClN3O2/c1-2-18-11(17)8-6-9(12)15-16(8)10-7(13)4-3-5-14-10/h3-6H,2H2,1H3. The molecule has 2 rings (SSSR count). The zero-order valence-electron chi connectivity index (χ0n) is 9.43. The Morgan fingerprint density at radius 2 is 2.39 bits per heavy atom. The molecule has 94 valence electrons. The van der Waals surface area contributed by atoms with Gasteiger partial charge in [0.2, 0.25) is 0 Å². The van der Waals surface area contributed by atoms with Gasteiger partial charge in [0, 0.05) is 12.3 Å². The number of esters is 1. The topological polar surface area (TPSA) is 57.0 Å². The Hall–Kier alpha value is -1.40. The molecule has 0 saturated carbocycles. The van der Waals surface area contributed by atoms with Gasteiger partial charge in [-0.3, -0.25) is 0 Å². The van der Waals surface area contributed by atoms with Gasteiger partial charge in [-0.2, -0.15) is 5.10 Å². The predicted octanol–water partition coefficient (Wildman–Crippen LogP) is 2.86. The lowest BCUT2D eigenvalue weighted by molar-refractivity contribution is 0.0515. The molecule has 0 fully saturated rings. The number of nitrogens with zero attached hydrogens (tertiary/aromatic N) is 3. The minimum atomic E-state index is -0.475. The summed E-state index contributed by atoms with van der Waals surface area (Å²) >= 11 is 9.24. The van der Waals surface area contributed by atoms with Crippen molar-refractivity contribution in [1.29, 1.82) is 0 Å². The summed E-state index contributed by atoms with van der Waals surface area (Å²) in [7, 11) is 0. The van der Waals surface area contributed by atoms with Crippen molar-refractivity contribution in [3.05, 3.63) is 39.7 Å². The molecule has 0 atom stereocenters. The van der Waals surface area contributed by atoms with Crippen LogP contribution < -0.4 is 0 Å². The van der Waals surface area contributed by atoms with Crippen molar-refractivity contribution in [2.24, 2.45) is 0 Å². The second kappa shape index (κ2) is 5.49. The molecule has 7 heteroatoms. The average Bonchev–Trinajstić information content (AvgIpc) is 2.72. The van der Waals surface area contributed by atoms with E-state index in [1.54, 1.807) is 31.3 Å². The van der Waals surface area contributed by atoms with E-state index in [1.165, 1.54) is 4.68 Å². The van der Waals surface area contributed by atoms with Crippen LogP contribution in [0.3, 0.4) is 0 Å². The highest BCUT2D eigenvalue weighted by Gasteiger charge is 2.19. The summed E-state index contributed by atoms with van der Waals surface area (Å²) in [5.74, 6) is -0.0923. The molecule has 5 nitrogen and oxygen atoms in total. The zero-order valence-corrected chi connectivity index (χ0v) is 11.8. The Morgan fingerprint density at radius 3 is 3.06 bits per heavy atom. The average molecular weight is 331 g/mol. The Labute approximate surface area is 117 Å². The van der Waals surface area contributed by atoms with Gasteiger partial charge in [0.25, 0.3) is 0 Å². The second-order valence-electron chi connectivity index (χ2n) is 3.29. The maximum absolute atomic E-state index is 11.8. The number of hydrogen-bond acceptors (Lipinski definition) is 4. The summed E-state index contributed by atoms with van der Waals surface area (Å²) in [5, 5.41) is 4.53. The molecule has 0 aliphatic carbocycles. The number of aromatic nitrogens is 3. The van der Waals surface area contributed by atoms with Crippen molar-refractivity contribution in [3.63, 3.8) is 0 Å². The number of halogens is 2. The van der Waals surface area contributed by atoms with E-state index in [1.807, 2.05) is 0 Å². The van der Waals surface area contributed by atoms with Crippen molar-refractivity contribution in [2.75, 3.05) is 6.61 Å². The first kappa shape index (κ1) is 13.0. The summed E-state index contributed by atoms with van der Waals surface area (Å²) in [6.07, 6.45) is 1.58. The summed E-state index contributed by atoms with van der Waals surface area (Å²) in [6, 6.07) is 4.94. The summed E-state index contributed by atoms with van der Waals surface area (Å²) in [4.78, 5) is 15.9. The van der Waals surface area contributed by atoms with Crippen LogP contribution in [0, 0.1) is 0 Å². The third-order valence-electron chi connectivity index (χ3n) is 2.10. The molecule has 18 heavy (non-hydrogen) atoms. The highest BCUT2D eigenvalue weighted by Crippen LogP contribution is 2.21. The largest absolute Gasteiger partial charge is 0.461 e. The van der Waals surface area contributed by atoms with Gasteiger partial charge in [0.05, 0.1) is 11.6 Å². The zero-order chi connectivity index (χ0) is 13.1. The quantitative estimate of drug-likeness (QED) is 0.812. The first-order chi connectivity index (χ1) is 8.63. The van der Waals surface area contributed by atoms with Crippen molar-refractivity contribution in [3.8, 4) is 5.82 Å². The van der Waals surface area contributed by atoms with Crippen molar-refractivity contribution >= 4 is 33.5 Å². The summed E-state index contributed by atoms with van der Waals surface area (Å²) in [5.41, 5.74) is 0.268. The van der Waals surface area contributed by atoms with Crippen LogP contribution >= 0.6 is 27.5 Å². The van der Waals surface area contributed by atoms with E-state index < -0.39 is 5.97 Å². The van der Waals surface area contributed by atoms with Crippen molar-refractivity contribution < 1.29 is 9.53 Å². The van der Waals surface area contributed by atoms with Gasteiger partial charge in [-0.05, 0) is 35.0 Å². The Morgan fingerprint density at radius 1 is 1.61 bits per heavy atom. The summed E-state index contributed by atoms with van der Waals surface area (Å²) in [6.45, 7) is 2.03. The highest BCUT2D eigenvalue weighted by atomic mass is 79.9. The van der Waals surface area contributed by atoms with Crippen LogP contribution in [-0.4, -0.2) is 27.3 Å². The number of rotatable bonds is 3. The molecule has 0 aliphatic heterocycles. The fourth-order valence-electron chi connectivity index (χ4n) is 1.40. The number of carbonyl (C=O) groups excluding carboxylic acids is 1. The van der Waals surface area contributed by atoms with Crippen LogP contribution in [0.25, 0.3) is 5.82 Å². The molecule has 0 amide bonds. The van der Waals surface area contributed by atoms with Crippen LogP contribution in [0.2, 0.25) is 5.02 Å². The fourth-order valence-corrected chi connectivity index (χ4v) is 1.97. The molecular formula is C11H9BrClN3O2. The molecule has 2 heterocycles. The molecule has 0 aromatic carbocycles. The number of ether oxygens (including phenoxy) is 1. The lowest BCUT2D eigenvalue weighted by Crippen LogP contribution is -2.13. The van der Waals surface area contributed by atoms with Gasteiger partial charge < -0.3 is 4.74 Å². The Bertz CT molecular complexity index is 585. The van der Waals surface area contributed by atoms with Crippen LogP contribution in [0.4, 0.5) is 0 Å². The van der Waals surface area contributed by atoms with Crippen molar-refractivity contribution in [2.45, 2.75) is 6.92 Å². The van der Waals surface area contributed by atoms with Crippen LogP contribution in [-0.2, 0) is 4.74 Å². The van der Waals surface area contributed by atoms with Crippen LogP contribution in [0.1, 0.15) is 17.4 Å². The number of hydrogen-bond donors (Lipinski definition) is 0. The lowest BCUT2D eigenvalue weighted by Gasteiger charge is -2.06. The van der Waals surface area contributed by atoms with Crippen LogP contribution in [0.15, 0.2) is 29.0 Å². The molecular weight excluding hydrogens is 321 g/mol. The molecule has 0 radical (unpaired) electrons. The maximum Gasteiger partial charge on any atom is 0.357 e. The van der Waals surface area contributed by atoms with E-state index in [0.29, 0.717) is 15.4 Å². The number of carbonyl (C=O) groups is 1. The van der Waals surface area contributed by atoms with Gasteiger partial charge >= 0.3 is 5.97 Å². The van der Waals surface area contributed by atoms with E-state index in [4.69, 9.17) is 16.3 Å². The van der Waals surface area contributed by atoms with E-state index in [-0.39, 0.29) is 12.3 Å². The normalized spacial score (nSPS) is 10.4. The highest BCUT2D eigenvalue weighted by molar-refractivity contribution is 9.10. The Balaban J connectivity index is 2.51. The minimum Gasteiger partial charge on any atom is -0.461 e. The van der Waals surface area contributed by atoms with Crippen molar-refractivity contribution in [1.82, 2.24) is 14.8 Å². The monoisotopic (exact) mass is 329 g/mol. The molecule has 0 N–H and O–H groups in total. The fraction of sp³-hybridized carbons (Fsp3) is 0.182. The van der Waals surface area contributed by atoms with E-state index in [0.717, 1.165) is 0 Å². The van der Waals surface area contributed by atoms with E-state index in [9.17, 15) is 4.79 Å². The minimum absolute atomic E-state index is 0.268. The predicted molar refractivity (Wildman–Crippen MR) is 70.0 cm³/mol. The lowest BCUT2D eigenvalue weighted by atomic mass is 10.4. The van der Waals surface area contributed by atoms with E-state index in [2.05, 4.69) is 26.0 Å². The van der Waals surface area contributed by atoms with Crippen LogP contribution in [0.5, 0.6) is 0 Å². The van der Waals surface area contributed by atoms with Gasteiger partial charge in [0.1, 0.15) is 4.60 Å². The SMILES string of the molecule is CCOC(=O)c1cc(Br)nn1-c1ncccc1Cl. The van der Waals surface area contributed by atoms with Gasteiger partial charge in [-0.25, -0.2) is 14.5 Å². The first-order valence-electron chi connectivity index (χ1n) is 5.17. The van der Waals surface area contributed by atoms with Gasteiger partial charge in [0.15, 0.2) is 11.5 Å². The Kier molecular flexibility index (Phi) is 3.98. The molecule has 0 saturated heterocycles. The molecule has 0 aliphatic rings. The number of pyridine rings is 1. The molecule has 2 aromatic rings.